The third-order valence-electron chi connectivity index (χ3n) is 3.95. The van der Waals surface area contributed by atoms with Crippen LogP contribution in [-0.2, 0) is 14.3 Å². The lowest BCUT2D eigenvalue weighted by Gasteiger charge is -2.28. The molecule has 1 aliphatic heterocycles. The molecule has 1 saturated heterocycles. The first-order valence-electron chi connectivity index (χ1n) is 7.77. The molecular weight excluding hydrogens is 298 g/mol. The van der Waals surface area contributed by atoms with Crippen LogP contribution in [0.25, 0.3) is 0 Å². The second kappa shape index (κ2) is 7.97. The Labute approximate surface area is 135 Å². The van der Waals surface area contributed by atoms with Crippen molar-refractivity contribution in [3.05, 3.63) is 29.3 Å². The minimum Gasteiger partial charge on any atom is -0.483 e. The molecule has 1 amide bonds. The molecule has 0 saturated carbocycles. The van der Waals surface area contributed by atoms with Gasteiger partial charge in [-0.05, 0) is 43.9 Å². The van der Waals surface area contributed by atoms with Crippen LogP contribution in [-0.4, -0.2) is 42.8 Å². The number of ether oxygens (including phenoxy) is 2. The van der Waals surface area contributed by atoms with Gasteiger partial charge in [0.05, 0.1) is 6.61 Å². The topological polar surface area (TPSA) is 84.9 Å². The molecule has 0 radical (unpaired) electrons. The Morgan fingerprint density at radius 1 is 1.43 bits per heavy atom. The molecule has 1 aliphatic rings. The highest BCUT2D eigenvalue weighted by atomic mass is 16.5. The van der Waals surface area contributed by atoms with Crippen molar-refractivity contribution >= 4 is 11.9 Å². The Kier molecular flexibility index (Phi) is 5.98. The fourth-order valence-electron chi connectivity index (χ4n) is 2.63. The van der Waals surface area contributed by atoms with E-state index in [2.05, 4.69) is 5.32 Å². The molecule has 6 nitrogen and oxygen atoms in total. The van der Waals surface area contributed by atoms with Crippen molar-refractivity contribution in [1.82, 2.24) is 5.32 Å². The number of hydrogen-bond acceptors (Lipinski definition) is 4. The maximum absolute atomic E-state index is 12.0. The summed E-state index contributed by atoms with van der Waals surface area (Å²) in [5, 5.41) is 11.9. The van der Waals surface area contributed by atoms with Crippen LogP contribution in [0.15, 0.2) is 18.2 Å². The number of carboxylic acid groups (broad SMARTS) is 1. The largest absolute Gasteiger partial charge is 0.483 e. The number of carbonyl (C=O) groups excluding carboxylic acids is 1. The zero-order valence-corrected chi connectivity index (χ0v) is 13.5. The quantitative estimate of drug-likeness (QED) is 0.833. The molecule has 0 aliphatic carbocycles. The standard InChI is InChI=1S/C17H23NO5/c1-11-5-6-12(2)14(8-11)23-10-15(19)18-16(17(20)21)13-4-3-7-22-9-13/h5-6,8,13,16H,3-4,7,9-10H2,1-2H3,(H,18,19)(H,20,21). The maximum Gasteiger partial charge on any atom is 0.326 e. The van der Waals surface area contributed by atoms with E-state index in [4.69, 9.17) is 9.47 Å². The lowest BCUT2D eigenvalue weighted by atomic mass is 9.93. The van der Waals surface area contributed by atoms with Gasteiger partial charge in [-0.25, -0.2) is 4.79 Å². The van der Waals surface area contributed by atoms with E-state index in [0.717, 1.165) is 24.0 Å². The lowest BCUT2D eigenvalue weighted by molar-refractivity contribution is -0.145. The summed E-state index contributed by atoms with van der Waals surface area (Å²) in [7, 11) is 0. The van der Waals surface area contributed by atoms with E-state index in [-0.39, 0.29) is 12.5 Å². The summed E-state index contributed by atoms with van der Waals surface area (Å²) in [6.07, 6.45) is 1.54. The van der Waals surface area contributed by atoms with Gasteiger partial charge in [0, 0.05) is 12.5 Å². The molecule has 23 heavy (non-hydrogen) atoms. The van der Waals surface area contributed by atoms with E-state index < -0.39 is 17.9 Å². The van der Waals surface area contributed by atoms with Crippen molar-refractivity contribution in [2.24, 2.45) is 5.92 Å². The Morgan fingerprint density at radius 2 is 2.22 bits per heavy atom. The number of aliphatic carboxylic acids is 1. The Hall–Kier alpha value is -2.08. The molecule has 2 atom stereocenters. The number of rotatable bonds is 6. The van der Waals surface area contributed by atoms with Gasteiger partial charge in [-0.3, -0.25) is 4.79 Å². The van der Waals surface area contributed by atoms with E-state index in [1.807, 2.05) is 32.0 Å². The Morgan fingerprint density at radius 3 is 2.87 bits per heavy atom. The second-order valence-corrected chi connectivity index (χ2v) is 5.92. The van der Waals surface area contributed by atoms with Crippen LogP contribution < -0.4 is 10.1 Å². The average molecular weight is 321 g/mol. The molecule has 0 bridgehead atoms. The van der Waals surface area contributed by atoms with Crippen molar-refractivity contribution in [2.75, 3.05) is 19.8 Å². The number of hydrogen-bond donors (Lipinski definition) is 2. The third-order valence-corrected chi connectivity index (χ3v) is 3.95. The minimum absolute atomic E-state index is 0.203. The summed E-state index contributed by atoms with van der Waals surface area (Å²) in [6.45, 7) is 4.63. The maximum atomic E-state index is 12.0. The molecule has 6 heteroatoms. The average Bonchev–Trinajstić information content (AvgIpc) is 2.54. The molecule has 126 valence electrons. The highest BCUT2D eigenvalue weighted by molar-refractivity contribution is 5.84. The zero-order valence-electron chi connectivity index (χ0n) is 13.5. The number of aryl methyl sites for hydroxylation is 2. The lowest BCUT2D eigenvalue weighted by Crippen LogP contribution is -2.49. The summed E-state index contributed by atoms with van der Waals surface area (Å²) >= 11 is 0. The molecule has 2 rings (SSSR count). The number of carbonyl (C=O) groups is 2. The van der Waals surface area contributed by atoms with Gasteiger partial charge < -0.3 is 19.9 Å². The molecule has 0 spiro atoms. The summed E-state index contributed by atoms with van der Waals surface area (Å²) in [5.41, 5.74) is 1.97. The van der Waals surface area contributed by atoms with Crippen LogP contribution in [0.2, 0.25) is 0 Å². The van der Waals surface area contributed by atoms with E-state index in [1.165, 1.54) is 0 Å². The molecule has 1 aromatic carbocycles. The first-order chi connectivity index (χ1) is 11.0. The van der Waals surface area contributed by atoms with Gasteiger partial charge in [-0.2, -0.15) is 0 Å². The summed E-state index contributed by atoms with van der Waals surface area (Å²) < 4.78 is 10.8. The molecule has 0 aromatic heterocycles. The normalized spacial score (nSPS) is 19.0. The number of benzene rings is 1. The van der Waals surface area contributed by atoms with Crippen molar-refractivity contribution in [3.8, 4) is 5.75 Å². The van der Waals surface area contributed by atoms with E-state index in [0.29, 0.717) is 19.0 Å². The monoisotopic (exact) mass is 321 g/mol. The fourth-order valence-corrected chi connectivity index (χ4v) is 2.63. The van der Waals surface area contributed by atoms with E-state index >= 15 is 0 Å². The van der Waals surface area contributed by atoms with Crippen LogP contribution >= 0.6 is 0 Å². The van der Waals surface area contributed by atoms with E-state index in [1.54, 1.807) is 0 Å². The zero-order chi connectivity index (χ0) is 16.8. The number of nitrogens with one attached hydrogen (secondary N) is 1. The number of carboxylic acids is 1. The fraction of sp³-hybridized carbons (Fsp3) is 0.529. The van der Waals surface area contributed by atoms with Crippen molar-refractivity contribution < 1.29 is 24.2 Å². The molecule has 2 N–H and O–H groups in total. The molecule has 1 fully saturated rings. The second-order valence-electron chi connectivity index (χ2n) is 5.92. The van der Waals surface area contributed by atoms with Crippen LogP contribution in [0, 0.1) is 19.8 Å². The van der Waals surface area contributed by atoms with Gasteiger partial charge in [0.25, 0.3) is 5.91 Å². The van der Waals surface area contributed by atoms with Crippen LogP contribution in [0.1, 0.15) is 24.0 Å². The summed E-state index contributed by atoms with van der Waals surface area (Å²) in [6, 6.07) is 4.80. The smallest absolute Gasteiger partial charge is 0.326 e. The molecule has 2 unspecified atom stereocenters. The van der Waals surface area contributed by atoms with Gasteiger partial charge in [0.2, 0.25) is 0 Å². The van der Waals surface area contributed by atoms with Gasteiger partial charge in [-0.15, -0.1) is 0 Å². The third kappa shape index (κ3) is 4.96. The van der Waals surface area contributed by atoms with Gasteiger partial charge in [0.15, 0.2) is 6.61 Å². The Bertz CT molecular complexity index is 566. The predicted molar refractivity (Wildman–Crippen MR) is 84.5 cm³/mol. The van der Waals surface area contributed by atoms with Crippen molar-refractivity contribution in [2.45, 2.75) is 32.7 Å². The van der Waals surface area contributed by atoms with E-state index in [9.17, 15) is 14.7 Å². The van der Waals surface area contributed by atoms with Crippen molar-refractivity contribution in [1.29, 1.82) is 0 Å². The SMILES string of the molecule is Cc1ccc(C)c(OCC(=O)NC(C(=O)O)C2CCCOC2)c1. The van der Waals surface area contributed by atoms with Gasteiger partial charge in [0.1, 0.15) is 11.8 Å². The summed E-state index contributed by atoms with van der Waals surface area (Å²) in [4.78, 5) is 23.4. The van der Waals surface area contributed by atoms with Crippen LogP contribution in [0.5, 0.6) is 5.75 Å². The first-order valence-corrected chi connectivity index (χ1v) is 7.77. The Balaban J connectivity index is 1.91. The van der Waals surface area contributed by atoms with Gasteiger partial charge >= 0.3 is 5.97 Å². The minimum atomic E-state index is -1.04. The first kappa shape index (κ1) is 17.3. The predicted octanol–water partition coefficient (Wildman–Crippen LogP) is 1.68. The molecule has 1 heterocycles. The number of amides is 1. The summed E-state index contributed by atoms with van der Waals surface area (Å²) in [5.74, 6) is -1.05. The van der Waals surface area contributed by atoms with Crippen LogP contribution in [0.3, 0.4) is 0 Å². The highest BCUT2D eigenvalue weighted by Crippen LogP contribution is 2.20. The van der Waals surface area contributed by atoms with Crippen molar-refractivity contribution in [3.63, 3.8) is 0 Å². The molecular formula is C17H23NO5. The molecule has 1 aromatic rings. The highest BCUT2D eigenvalue weighted by Gasteiger charge is 2.31. The van der Waals surface area contributed by atoms with Gasteiger partial charge in [-0.1, -0.05) is 12.1 Å². The van der Waals surface area contributed by atoms with Crippen LogP contribution in [0.4, 0.5) is 0 Å².